The van der Waals surface area contributed by atoms with Crippen molar-refractivity contribution < 1.29 is 14.1 Å². The van der Waals surface area contributed by atoms with Crippen LogP contribution in [0.25, 0.3) is 0 Å². The maximum Gasteiger partial charge on any atom is 0.498 e. The van der Waals surface area contributed by atoms with Crippen molar-refractivity contribution in [1.29, 1.82) is 0 Å². The molecule has 0 radical (unpaired) electrons. The molecule has 1 aromatic heterocycles. The molecule has 0 unspecified atom stereocenters. The Morgan fingerprint density at radius 3 is 2.00 bits per heavy atom. The monoisotopic (exact) mass is 249 g/mol. The quantitative estimate of drug-likeness (QED) is 0.738. The highest BCUT2D eigenvalue weighted by atomic mass is 16.7. The molecule has 2 N–H and O–H groups in total. The van der Waals surface area contributed by atoms with Crippen LogP contribution in [0.4, 0.5) is 0 Å². The predicted octanol–water partition coefficient (Wildman–Crippen LogP) is -0.125. The molecule has 2 rings (SSSR count). The fourth-order valence-electron chi connectivity index (χ4n) is 1.57. The van der Waals surface area contributed by atoms with E-state index in [4.69, 9.17) is 15.0 Å². The van der Waals surface area contributed by atoms with Crippen LogP contribution in [0.2, 0.25) is 0 Å². The van der Waals surface area contributed by atoms with E-state index >= 15 is 0 Å². The van der Waals surface area contributed by atoms with Gasteiger partial charge in [-0.15, -0.1) is 0 Å². The lowest BCUT2D eigenvalue weighted by molar-refractivity contribution is 0.00578. The van der Waals surface area contributed by atoms with Crippen molar-refractivity contribution in [2.75, 3.05) is 0 Å². The molecule has 1 fully saturated rings. The molecule has 1 aliphatic heterocycles. The summed E-state index contributed by atoms with van der Waals surface area (Å²) in [6, 6.07) is 0. The molecule has 96 valence electrons. The van der Waals surface area contributed by atoms with E-state index in [2.05, 4.69) is 9.97 Å². The second-order valence-corrected chi connectivity index (χ2v) is 5.29. The third-order valence-electron chi connectivity index (χ3n) is 3.42. The fraction of sp³-hybridized carbons (Fsp3) is 0.545. The minimum Gasteiger partial charge on any atom is -0.399 e. The van der Waals surface area contributed by atoms with Gasteiger partial charge in [0.1, 0.15) is 0 Å². The van der Waals surface area contributed by atoms with Crippen molar-refractivity contribution in [3.63, 3.8) is 0 Å². The van der Waals surface area contributed by atoms with Crippen LogP contribution in [0, 0.1) is 0 Å². The Labute approximate surface area is 106 Å². The summed E-state index contributed by atoms with van der Waals surface area (Å²) in [6.07, 6.45) is 2.99. The van der Waals surface area contributed by atoms with Crippen LogP contribution < -0.4 is 11.2 Å². The number of nitrogens with zero attached hydrogens (tertiary/aromatic N) is 2. The van der Waals surface area contributed by atoms with E-state index in [1.165, 1.54) is 12.4 Å². The average molecular weight is 249 g/mol. The lowest BCUT2D eigenvalue weighted by Gasteiger charge is -2.32. The van der Waals surface area contributed by atoms with Gasteiger partial charge in [-0.1, -0.05) is 0 Å². The maximum absolute atomic E-state index is 10.9. The summed E-state index contributed by atoms with van der Waals surface area (Å²) in [6.45, 7) is 7.86. The van der Waals surface area contributed by atoms with Crippen LogP contribution in [0.3, 0.4) is 0 Å². The minimum atomic E-state index is -0.657. The van der Waals surface area contributed by atoms with E-state index in [-0.39, 0.29) is 5.82 Å². The minimum absolute atomic E-state index is 0.0183. The first-order valence-corrected chi connectivity index (χ1v) is 5.70. The predicted molar refractivity (Wildman–Crippen MR) is 66.3 cm³/mol. The van der Waals surface area contributed by atoms with Crippen molar-refractivity contribution in [1.82, 2.24) is 9.97 Å². The molecular formula is C11H16BN3O3. The molecule has 18 heavy (non-hydrogen) atoms. The second kappa shape index (κ2) is 4.03. The van der Waals surface area contributed by atoms with Crippen molar-refractivity contribution in [2.24, 2.45) is 5.73 Å². The molecule has 0 atom stereocenters. The lowest BCUT2D eigenvalue weighted by Crippen LogP contribution is -2.41. The molecule has 0 bridgehead atoms. The van der Waals surface area contributed by atoms with E-state index < -0.39 is 24.2 Å². The van der Waals surface area contributed by atoms with Crippen molar-refractivity contribution in [2.45, 2.75) is 38.9 Å². The number of amides is 1. The lowest BCUT2D eigenvalue weighted by atomic mass is 9.81. The van der Waals surface area contributed by atoms with Crippen LogP contribution in [-0.4, -0.2) is 34.2 Å². The Hall–Kier alpha value is -1.47. The van der Waals surface area contributed by atoms with Gasteiger partial charge in [-0.05, 0) is 27.7 Å². The van der Waals surface area contributed by atoms with Crippen LogP contribution in [0.5, 0.6) is 0 Å². The molecule has 0 aliphatic carbocycles. The molecule has 1 saturated heterocycles. The summed E-state index contributed by atoms with van der Waals surface area (Å²) in [5, 5.41) is 0. The smallest absolute Gasteiger partial charge is 0.399 e. The zero-order valence-corrected chi connectivity index (χ0v) is 10.9. The highest BCUT2D eigenvalue weighted by molar-refractivity contribution is 6.61. The number of rotatable bonds is 2. The summed E-state index contributed by atoms with van der Waals surface area (Å²) < 4.78 is 11.7. The Kier molecular flexibility index (Phi) is 2.91. The third kappa shape index (κ3) is 2.11. The SMILES string of the molecule is CC1(C)OB(c2cnc(C(N)=O)nc2)OC1(C)C. The van der Waals surface area contributed by atoms with E-state index in [1.807, 2.05) is 27.7 Å². The van der Waals surface area contributed by atoms with Gasteiger partial charge >= 0.3 is 7.12 Å². The molecule has 2 heterocycles. The van der Waals surface area contributed by atoms with Gasteiger partial charge in [-0.2, -0.15) is 0 Å². The number of primary amides is 1. The zero-order valence-electron chi connectivity index (χ0n) is 10.9. The van der Waals surface area contributed by atoms with Gasteiger partial charge < -0.3 is 15.0 Å². The first-order chi connectivity index (χ1) is 8.23. The number of carbonyl (C=O) groups is 1. The molecule has 0 saturated carbocycles. The van der Waals surface area contributed by atoms with Crippen molar-refractivity contribution in [3.05, 3.63) is 18.2 Å². The Morgan fingerprint density at radius 1 is 1.17 bits per heavy atom. The number of hydrogen-bond acceptors (Lipinski definition) is 5. The topological polar surface area (TPSA) is 87.3 Å². The van der Waals surface area contributed by atoms with Crippen LogP contribution >= 0.6 is 0 Å². The Morgan fingerprint density at radius 2 is 1.61 bits per heavy atom. The summed E-state index contributed by atoms with van der Waals surface area (Å²) >= 11 is 0. The molecule has 1 aliphatic rings. The third-order valence-corrected chi connectivity index (χ3v) is 3.42. The summed E-state index contributed by atoms with van der Waals surface area (Å²) in [7, 11) is -0.531. The molecule has 6 nitrogen and oxygen atoms in total. The zero-order chi connectivity index (χ0) is 13.6. The van der Waals surface area contributed by atoms with Gasteiger partial charge in [0, 0.05) is 17.9 Å². The van der Waals surface area contributed by atoms with Gasteiger partial charge in [-0.25, -0.2) is 9.97 Å². The second-order valence-electron chi connectivity index (χ2n) is 5.29. The van der Waals surface area contributed by atoms with Crippen LogP contribution in [0.1, 0.15) is 38.3 Å². The maximum atomic E-state index is 10.9. The highest BCUT2D eigenvalue weighted by Crippen LogP contribution is 2.36. The van der Waals surface area contributed by atoms with Gasteiger partial charge in [0.15, 0.2) is 0 Å². The average Bonchev–Trinajstić information content (AvgIpc) is 2.48. The van der Waals surface area contributed by atoms with Crippen molar-refractivity contribution >= 4 is 18.5 Å². The molecular weight excluding hydrogens is 233 g/mol. The van der Waals surface area contributed by atoms with Crippen LogP contribution in [-0.2, 0) is 9.31 Å². The molecule has 1 aromatic rings. The van der Waals surface area contributed by atoms with Gasteiger partial charge in [-0.3, -0.25) is 4.79 Å². The summed E-state index contributed by atoms with van der Waals surface area (Å²) in [5.74, 6) is -0.675. The number of nitrogens with two attached hydrogens (primary N) is 1. The number of carbonyl (C=O) groups excluding carboxylic acids is 1. The van der Waals surface area contributed by atoms with Crippen molar-refractivity contribution in [3.8, 4) is 0 Å². The number of aromatic nitrogens is 2. The molecule has 0 aromatic carbocycles. The number of hydrogen-bond donors (Lipinski definition) is 1. The van der Waals surface area contributed by atoms with E-state index in [0.717, 1.165) is 0 Å². The largest absolute Gasteiger partial charge is 0.498 e. The Balaban J connectivity index is 2.22. The molecule has 7 heteroatoms. The fourth-order valence-corrected chi connectivity index (χ4v) is 1.57. The van der Waals surface area contributed by atoms with Gasteiger partial charge in [0.05, 0.1) is 11.2 Å². The van der Waals surface area contributed by atoms with E-state index in [1.54, 1.807) is 0 Å². The molecule has 1 amide bonds. The van der Waals surface area contributed by atoms with E-state index in [0.29, 0.717) is 5.46 Å². The summed E-state index contributed by atoms with van der Waals surface area (Å²) in [5.41, 5.74) is 4.91. The Bertz CT molecular complexity index is 457. The summed E-state index contributed by atoms with van der Waals surface area (Å²) in [4.78, 5) is 18.6. The van der Waals surface area contributed by atoms with Gasteiger partial charge in [0.2, 0.25) is 5.82 Å². The van der Waals surface area contributed by atoms with Gasteiger partial charge in [0.25, 0.3) is 5.91 Å². The van der Waals surface area contributed by atoms with E-state index in [9.17, 15) is 4.79 Å². The normalized spacial score (nSPS) is 21.0. The highest BCUT2D eigenvalue weighted by Gasteiger charge is 2.51. The standard InChI is InChI=1S/C11H16BN3O3/c1-10(2)11(3,4)18-12(17-10)7-5-14-9(8(13)16)15-6-7/h5-6H,1-4H3,(H2,13,16). The van der Waals surface area contributed by atoms with Crippen LogP contribution in [0.15, 0.2) is 12.4 Å². The first-order valence-electron chi connectivity index (χ1n) is 5.70. The molecule has 0 spiro atoms. The first kappa shape index (κ1) is 13.0.